The van der Waals surface area contributed by atoms with Crippen molar-refractivity contribution in [2.75, 3.05) is 0 Å². The summed E-state index contributed by atoms with van der Waals surface area (Å²) in [7, 11) is 0. The average Bonchev–Trinajstić information content (AvgIpc) is 2.30. The number of halogens is 2. The standard InChI is InChI=1S/C14H8BrCl/c15-14-4-2-1-3-12(14)8-5-11-6-9-13(16)10-7-11/h1-4,6-7,9-10H. The maximum Gasteiger partial charge on any atom is 0.0406 e. The third-order valence-corrected chi connectivity index (χ3v) is 3.00. The Bertz CT molecular complexity index is 547. The molecule has 78 valence electrons. The van der Waals surface area contributed by atoms with Crippen LogP contribution < -0.4 is 0 Å². The summed E-state index contributed by atoms with van der Waals surface area (Å²) in [4.78, 5) is 0. The van der Waals surface area contributed by atoms with Gasteiger partial charge in [0.1, 0.15) is 0 Å². The molecule has 2 heteroatoms. The molecule has 0 fully saturated rings. The molecule has 0 aromatic heterocycles. The van der Waals surface area contributed by atoms with Gasteiger partial charge in [0.25, 0.3) is 0 Å². The van der Waals surface area contributed by atoms with Gasteiger partial charge in [-0.05, 0) is 52.3 Å². The van der Waals surface area contributed by atoms with Crippen LogP contribution in [0.4, 0.5) is 0 Å². The second-order valence-corrected chi connectivity index (χ2v) is 4.53. The lowest BCUT2D eigenvalue weighted by Crippen LogP contribution is -1.77. The lowest BCUT2D eigenvalue weighted by atomic mass is 10.2. The summed E-state index contributed by atoms with van der Waals surface area (Å²) in [6.07, 6.45) is 0. The Kier molecular flexibility index (Phi) is 3.66. The van der Waals surface area contributed by atoms with Crippen molar-refractivity contribution >= 4 is 27.5 Å². The number of hydrogen-bond donors (Lipinski definition) is 0. The van der Waals surface area contributed by atoms with E-state index < -0.39 is 0 Å². The first-order valence-corrected chi connectivity index (χ1v) is 5.95. The first kappa shape index (κ1) is 11.3. The van der Waals surface area contributed by atoms with Gasteiger partial charge in [-0.2, -0.15) is 0 Å². The molecule has 0 saturated carbocycles. The summed E-state index contributed by atoms with van der Waals surface area (Å²) in [5, 5.41) is 0.728. The Morgan fingerprint density at radius 3 is 2.25 bits per heavy atom. The molecular formula is C14H8BrCl. The van der Waals surface area contributed by atoms with Crippen LogP contribution in [-0.2, 0) is 0 Å². The Hall–Kier alpha value is -1.23. The third kappa shape index (κ3) is 2.88. The Morgan fingerprint density at radius 2 is 1.56 bits per heavy atom. The van der Waals surface area contributed by atoms with Crippen LogP contribution >= 0.6 is 27.5 Å². The summed E-state index contributed by atoms with van der Waals surface area (Å²) < 4.78 is 1.01. The summed E-state index contributed by atoms with van der Waals surface area (Å²) >= 11 is 9.26. The Balaban J connectivity index is 2.29. The van der Waals surface area contributed by atoms with E-state index in [1.807, 2.05) is 48.5 Å². The van der Waals surface area contributed by atoms with Gasteiger partial charge in [-0.15, -0.1) is 0 Å². The van der Waals surface area contributed by atoms with Crippen LogP contribution in [0.2, 0.25) is 5.02 Å². The average molecular weight is 292 g/mol. The molecule has 0 amide bonds. The second-order valence-electron chi connectivity index (χ2n) is 3.24. The molecule has 2 aromatic carbocycles. The molecule has 0 atom stereocenters. The van der Waals surface area contributed by atoms with E-state index in [2.05, 4.69) is 27.8 Å². The fraction of sp³-hybridized carbons (Fsp3) is 0. The molecule has 0 nitrogen and oxygen atoms in total. The molecule has 0 bridgehead atoms. The molecule has 0 radical (unpaired) electrons. The van der Waals surface area contributed by atoms with E-state index in [1.165, 1.54) is 0 Å². The van der Waals surface area contributed by atoms with Crippen molar-refractivity contribution in [3.05, 3.63) is 69.2 Å². The van der Waals surface area contributed by atoms with Gasteiger partial charge in [0, 0.05) is 20.6 Å². The molecule has 0 spiro atoms. The molecule has 16 heavy (non-hydrogen) atoms. The monoisotopic (exact) mass is 290 g/mol. The number of hydrogen-bond acceptors (Lipinski definition) is 0. The van der Waals surface area contributed by atoms with E-state index in [0.717, 1.165) is 20.6 Å². The van der Waals surface area contributed by atoms with Gasteiger partial charge < -0.3 is 0 Å². The largest absolute Gasteiger partial charge is 0.0843 e. The van der Waals surface area contributed by atoms with Crippen LogP contribution in [0.1, 0.15) is 11.1 Å². The number of rotatable bonds is 0. The summed E-state index contributed by atoms with van der Waals surface area (Å²) in [6, 6.07) is 15.4. The molecule has 0 saturated heterocycles. The highest BCUT2D eigenvalue weighted by Gasteiger charge is 1.92. The van der Waals surface area contributed by atoms with Crippen LogP contribution in [0.5, 0.6) is 0 Å². The zero-order valence-corrected chi connectivity index (χ0v) is 10.7. The second kappa shape index (κ2) is 5.21. The van der Waals surface area contributed by atoms with E-state index in [9.17, 15) is 0 Å². The Morgan fingerprint density at radius 1 is 0.875 bits per heavy atom. The number of benzene rings is 2. The molecular weight excluding hydrogens is 284 g/mol. The first-order chi connectivity index (χ1) is 7.75. The van der Waals surface area contributed by atoms with E-state index in [-0.39, 0.29) is 0 Å². The highest BCUT2D eigenvalue weighted by molar-refractivity contribution is 9.10. The summed E-state index contributed by atoms with van der Waals surface area (Å²) in [6.45, 7) is 0. The van der Waals surface area contributed by atoms with Crippen LogP contribution in [0, 0.1) is 11.8 Å². The van der Waals surface area contributed by atoms with Crippen LogP contribution in [0.25, 0.3) is 0 Å². The normalized spacial score (nSPS) is 9.38. The fourth-order valence-electron chi connectivity index (χ4n) is 1.24. The smallest absolute Gasteiger partial charge is 0.0406 e. The quantitative estimate of drug-likeness (QED) is 0.627. The summed E-state index contributed by atoms with van der Waals surface area (Å²) in [5.41, 5.74) is 1.94. The first-order valence-electron chi connectivity index (χ1n) is 4.78. The maximum atomic E-state index is 5.80. The van der Waals surface area contributed by atoms with Crippen molar-refractivity contribution in [3.8, 4) is 11.8 Å². The van der Waals surface area contributed by atoms with Crippen molar-refractivity contribution in [2.24, 2.45) is 0 Å². The zero-order chi connectivity index (χ0) is 11.4. The van der Waals surface area contributed by atoms with Gasteiger partial charge in [-0.25, -0.2) is 0 Å². The van der Waals surface area contributed by atoms with Gasteiger partial charge in [0.2, 0.25) is 0 Å². The fourth-order valence-corrected chi connectivity index (χ4v) is 1.75. The van der Waals surface area contributed by atoms with Gasteiger partial charge in [0.15, 0.2) is 0 Å². The van der Waals surface area contributed by atoms with Crippen molar-refractivity contribution in [1.82, 2.24) is 0 Å². The molecule has 0 aliphatic rings. The SMILES string of the molecule is Clc1ccc(C#Cc2ccccc2Br)cc1. The molecule has 2 rings (SSSR count). The van der Waals surface area contributed by atoms with Crippen LogP contribution in [0.3, 0.4) is 0 Å². The van der Waals surface area contributed by atoms with E-state index >= 15 is 0 Å². The zero-order valence-electron chi connectivity index (χ0n) is 8.37. The molecule has 0 aliphatic heterocycles. The van der Waals surface area contributed by atoms with Crippen molar-refractivity contribution in [2.45, 2.75) is 0 Å². The van der Waals surface area contributed by atoms with E-state index in [4.69, 9.17) is 11.6 Å². The highest BCUT2D eigenvalue weighted by Crippen LogP contribution is 2.14. The van der Waals surface area contributed by atoms with Gasteiger partial charge >= 0.3 is 0 Å². The van der Waals surface area contributed by atoms with Crippen LogP contribution in [-0.4, -0.2) is 0 Å². The van der Waals surface area contributed by atoms with Crippen LogP contribution in [0.15, 0.2) is 53.0 Å². The van der Waals surface area contributed by atoms with Gasteiger partial charge in [0.05, 0.1) is 0 Å². The van der Waals surface area contributed by atoms with E-state index in [1.54, 1.807) is 0 Å². The lowest BCUT2D eigenvalue weighted by Gasteiger charge is -1.93. The molecule has 0 aliphatic carbocycles. The summed E-state index contributed by atoms with van der Waals surface area (Å²) in [5.74, 6) is 6.20. The minimum absolute atomic E-state index is 0.728. The van der Waals surface area contributed by atoms with Crippen molar-refractivity contribution < 1.29 is 0 Å². The lowest BCUT2D eigenvalue weighted by molar-refractivity contribution is 1.58. The molecule has 2 aromatic rings. The Labute approximate surface area is 108 Å². The topological polar surface area (TPSA) is 0 Å². The van der Waals surface area contributed by atoms with Gasteiger partial charge in [-0.3, -0.25) is 0 Å². The van der Waals surface area contributed by atoms with Gasteiger partial charge in [-0.1, -0.05) is 35.6 Å². The molecule has 0 unspecified atom stereocenters. The van der Waals surface area contributed by atoms with E-state index in [0.29, 0.717) is 0 Å². The predicted octanol–water partition coefficient (Wildman–Crippen LogP) is 4.50. The maximum absolute atomic E-state index is 5.80. The third-order valence-electron chi connectivity index (χ3n) is 2.06. The molecule has 0 heterocycles. The van der Waals surface area contributed by atoms with Crippen molar-refractivity contribution in [3.63, 3.8) is 0 Å². The minimum Gasteiger partial charge on any atom is -0.0843 e. The predicted molar refractivity (Wildman–Crippen MR) is 71.6 cm³/mol. The minimum atomic E-state index is 0.728. The molecule has 0 N–H and O–H groups in total. The highest BCUT2D eigenvalue weighted by atomic mass is 79.9. The van der Waals surface area contributed by atoms with Crippen molar-refractivity contribution in [1.29, 1.82) is 0 Å².